The summed E-state index contributed by atoms with van der Waals surface area (Å²) in [6.45, 7) is 1.91. The van der Waals surface area contributed by atoms with Crippen molar-refractivity contribution in [2.24, 2.45) is 0 Å². The molecule has 1 aliphatic heterocycles. The average Bonchev–Trinajstić information content (AvgIpc) is 2.54. The second-order valence-electron chi connectivity index (χ2n) is 5.30. The molecular weight excluding hydrogens is 326 g/mol. The normalized spacial score (nSPS) is 14.2. The molecule has 1 aromatic heterocycles. The van der Waals surface area contributed by atoms with Gasteiger partial charge in [-0.2, -0.15) is 0 Å². The van der Waals surface area contributed by atoms with Gasteiger partial charge < -0.3 is 4.90 Å². The number of fused-ring (bicyclic) bond motifs is 2. The molecule has 0 atom stereocenters. The van der Waals surface area contributed by atoms with Crippen molar-refractivity contribution >= 4 is 32.7 Å². The molecule has 1 aliphatic rings. The summed E-state index contributed by atoms with van der Waals surface area (Å²) in [5, 5.41) is 1.10. The molecule has 0 amide bonds. The summed E-state index contributed by atoms with van der Waals surface area (Å²) in [4.78, 5) is 11.2. The molecule has 0 saturated heterocycles. The predicted molar refractivity (Wildman–Crippen MR) is 88.4 cm³/mol. The first-order valence-electron chi connectivity index (χ1n) is 7.03. The Morgan fingerprint density at radius 1 is 1.00 bits per heavy atom. The maximum absolute atomic E-state index is 4.54. The minimum atomic E-state index is 0.912. The van der Waals surface area contributed by atoms with E-state index in [1.54, 1.807) is 6.33 Å². The third kappa shape index (κ3) is 2.29. The largest absolute Gasteiger partial charge is 0.351 e. The van der Waals surface area contributed by atoms with Crippen LogP contribution in [0.15, 0.2) is 53.3 Å². The van der Waals surface area contributed by atoms with E-state index >= 15 is 0 Å². The van der Waals surface area contributed by atoms with Crippen molar-refractivity contribution in [2.45, 2.75) is 13.0 Å². The molecule has 0 unspecified atom stereocenters. The van der Waals surface area contributed by atoms with E-state index in [4.69, 9.17) is 0 Å². The molecule has 3 aromatic rings. The minimum absolute atomic E-state index is 0.912. The molecule has 0 saturated carbocycles. The van der Waals surface area contributed by atoms with E-state index < -0.39 is 0 Å². The summed E-state index contributed by atoms with van der Waals surface area (Å²) < 4.78 is 1.06. The van der Waals surface area contributed by atoms with Gasteiger partial charge in [0.25, 0.3) is 0 Å². The smallest absolute Gasteiger partial charge is 0.140 e. The number of hydrogen-bond donors (Lipinski definition) is 0. The first kappa shape index (κ1) is 12.8. The Morgan fingerprint density at radius 3 is 2.76 bits per heavy atom. The van der Waals surface area contributed by atoms with Gasteiger partial charge in [0, 0.05) is 22.9 Å². The molecule has 0 N–H and O–H groups in total. The van der Waals surface area contributed by atoms with Gasteiger partial charge >= 0.3 is 0 Å². The first-order chi connectivity index (χ1) is 10.3. The highest BCUT2D eigenvalue weighted by molar-refractivity contribution is 9.10. The second-order valence-corrected chi connectivity index (χ2v) is 6.21. The number of benzene rings is 2. The van der Waals surface area contributed by atoms with Gasteiger partial charge in [-0.05, 0) is 35.7 Å². The van der Waals surface area contributed by atoms with Crippen molar-refractivity contribution in [3.63, 3.8) is 0 Å². The number of rotatable bonds is 1. The van der Waals surface area contributed by atoms with Gasteiger partial charge in [-0.3, -0.25) is 0 Å². The molecule has 0 fully saturated rings. The van der Waals surface area contributed by atoms with Crippen LogP contribution in [0.3, 0.4) is 0 Å². The molecule has 104 valence electrons. The maximum atomic E-state index is 4.54. The van der Waals surface area contributed by atoms with E-state index in [2.05, 4.69) is 61.1 Å². The molecule has 0 spiro atoms. The van der Waals surface area contributed by atoms with Crippen LogP contribution >= 0.6 is 15.9 Å². The van der Waals surface area contributed by atoms with Crippen LogP contribution in [0.2, 0.25) is 0 Å². The van der Waals surface area contributed by atoms with Crippen molar-refractivity contribution < 1.29 is 0 Å². The van der Waals surface area contributed by atoms with E-state index in [0.29, 0.717) is 0 Å². The molecule has 4 rings (SSSR count). The lowest BCUT2D eigenvalue weighted by molar-refractivity contribution is 0.723. The number of hydrogen-bond acceptors (Lipinski definition) is 3. The van der Waals surface area contributed by atoms with E-state index in [-0.39, 0.29) is 0 Å². The van der Waals surface area contributed by atoms with Crippen molar-refractivity contribution in [1.82, 2.24) is 9.97 Å². The van der Waals surface area contributed by atoms with Gasteiger partial charge in [-0.25, -0.2) is 9.97 Å². The lowest BCUT2D eigenvalue weighted by atomic mass is 10.00. The zero-order valence-corrected chi connectivity index (χ0v) is 13.0. The van der Waals surface area contributed by atoms with Gasteiger partial charge in [0.15, 0.2) is 0 Å². The quantitative estimate of drug-likeness (QED) is 0.672. The molecule has 0 aliphatic carbocycles. The summed E-state index contributed by atoms with van der Waals surface area (Å²) in [6, 6.07) is 14.8. The Balaban J connectivity index is 1.80. The summed E-state index contributed by atoms with van der Waals surface area (Å²) >= 11 is 3.54. The molecule has 4 heteroatoms. The van der Waals surface area contributed by atoms with E-state index in [0.717, 1.165) is 40.7 Å². The van der Waals surface area contributed by atoms with Crippen LogP contribution < -0.4 is 4.90 Å². The van der Waals surface area contributed by atoms with Gasteiger partial charge in [0.1, 0.15) is 12.1 Å². The summed E-state index contributed by atoms with van der Waals surface area (Å²) in [5.41, 5.74) is 3.83. The van der Waals surface area contributed by atoms with Crippen LogP contribution in [0.25, 0.3) is 10.9 Å². The highest BCUT2D eigenvalue weighted by atomic mass is 79.9. The third-order valence-corrected chi connectivity index (χ3v) is 4.50. The third-order valence-electron chi connectivity index (χ3n) is 4.01. The lowest BCUT2D eigenvalue weighted by Crippen LogP contribution is -2.31. The number of aromatic nitrogens is 2. The van der Waals surface area contributed by atoms with Crippen LogP contribution in [0.1, 0.15) is 11.1 Å². The van der Waals surface area contributed by atoms with Crippen molar-refractivity contribution in [3.05, 3.63) is 64.4 Å². The fourth-order valence-corrected chi connectivity index (χ4v) is 3.30. The highest BCUT2D eigenvalue weighted by Gasteiger charge is 2.19. The first-order valence-corrected chi connectivity index (χ1v) is 7.82. The van der Waals surface area contributed by atoms with Gasteiger partial charge in [-0.15, -0.1) is 0 Å². The second kappa shape index (κ2) is 5.11. The molecular formula is C17H14BrN3. The van der Waals surface area contributed by atoms with Crippen molar-refractivity contribution in [2.75, 3.05) is 11.4 Å². The fourth-order valence-electron chi connectivity index (χ4n) is 2.94. The number of anilines is 1. The Bertz CT molecular complexity index is 816. The summed E-state index contributed by atoms with van der Waals surface area (Å²) in [5.74, 6) is 1.02. The average molecular weight is 340 g/mol. The number of halogens is 1. The Hall–Kier alpha value is -1.94. The Kier molecular flexibility index (Phi) is 3.11. The van der Waals surface area contributed by atoms with Gasteiger partial charge in [0.2, 0.25) is 0 Å². The predicted octanol–water partition coefficient (Wildman–Crippen LogP) is 3.96. The summed E-state index contributed by atoms with van der Waals surface area (Å²) in [7, 11) is 0. The van der Waals surface area contributed by atoms with Crippen LogP contribution in [0.4, 0.5) is 5.82 Å². The molecule has 0 bridgehead atoms. The molecule has 21 heavy (non-hydrogen) atoms. The zero-order valence-electron chi connectivity index (χ0n) is 11.5. The minimum Gasteiger partial charge on any atom is -0.351 e. The van der Waals surface area contributed by atoms with E-state index in [1.165, 1.54) is 11.1 Å². The Labute approximate surface area is 131 Å². The van der Waals surface area contributed by atoms with Gasteiger partial charge in [0.05, 0.1) is 5.52 Å². The lowest BCUT2D eigenvalue weighted by Gasteiger charge is -2.30. The van der Waals surface area contributed by atoms with Crippen molar-refractivity contribution in [1.29, 1.82) is 0 Å². The van der Waals surface area contributed by atoms with Crippen LogP contribution in [0.5, 0.6) is 0 Å². The molecule has 2 aromatic carbocycles. The van der Waals surface area contributed by atoms with Crippen molar-refractivity contribution in [3.8, 4) is 0 Å². The molecule has 3 nitrogen and oxygen atoms in total. The topological polar surface area (TPSA) is 29.0 Å². The van der Waals surface area contributed by atoms with Crippen LogP contribution in [-0.4, -0.2) is 16.5 Å². The standard InChI is InChI=1S/C17H14BrN3/c18-14-5-6-16-15(9-14)17(20-11-19-16)21-8-7-12-3-1-2-4-13(12)10-21/h1-6,9,11H,7-8,10H2. The zero-order chi connectivity index (χ0) is 14.2. The highest BCUT2D eigenvalue weighted by Crippen LogP contribution is 2.29. The van der Waals surface area contributed by atoms with Gasteiger partial charge in [-0.1, -0.05) is 40.2 Å². The molecule has 0 radical (unpaired) electrons. The number of nitrogens with zero attached hydrogens (tertiary/aromatic N) is 3. The van der Waals surface area contributed by atoms with E-state index in [1.807, 2.05) is 12.1 Å². The van der Waals surface area contributed by atoms with E-state index in [9.17, 15) is 0 Å². The maximum Gasteiger partial charge on any atom is 0.140 e. The van der Waals surface area contributed by atoms with Crippen LogP contribution in [0, 0.1) is 0 Å². The SMILES string of the molecule is Brc1ccc2ncnc(N3CCc4ccccc4C3)c2c1. The fraction of sp³-hybridized carbons (Fsp3) is 0.176. The monoisotopic (exact) mass is 339 g/mol. The Morgan fingerprint density at radius 2 is 1.86 bits per heavy atom. The molecule has 2 heterocycles. The van der Waals surface area contributed by atoms with Crippen LogP contribution in [-0.2, 0) is 13.0 Å². The summed E-state index contributed by atoms with van der Waals surface area (Å²) in [6.07, 6.45) is 2.72.